The van der Waals surface area contributed by atoms with Gasteiger partial charge in [0.15, 0.2) is 0 Å². The van der Waals surface area contributed by atoms with E-state index in [1.54, 1.807) is 13.1 Å². The maximum atomic E-state index is 11.6. The molecule has 0 unspecified atom stereocenters. The molecular formula is C10H15BrN2O2S. The van der Waals surface area contributed by atoms with Gasteiger partial charge in [0.05, 0.1) is 11.4 Å². The van der Waals surface area contributed by atoms with Crippen LogP contribution in [0.25, 0.3) is 0 Å². The molecule has 0 fully saturated rings. The fourth-order valence-corrected chi connectivity index (χ4v) is 2.97. The Balaban J connectivity index is 2.80. The summed E-state index contributed by atoms with van der Waals surface area (Å²) in [7, 11) is -1.56. The molecule has 0 spiro atoms. The molecule has 16 heavy (non-hydrogen) atoms. The van der Waals surface area contributed by atoms with Crippen molar-refractivity contribution >= 4 is 31.6 Å². The fourth-order valence-electron chi connectivity index (χ4n) is 1.16. The minimum atomic E-state index is -3.27. The predicted octanol–water partition coefficient (Wildman–Crippen LogP) is 1.72. The van der Waals surface area contributed by atoms with Gasteiger partial charge in [0.25, 0.3) is 0 Å². The van der Waals surface area contributed by atoms with Crippen LogP contribution in [-0.4, -0.2) is 27.8 Å². The summed E-state index contributed by atoms with van der Waals surface area (Å²) in [5.41, 5.74) is 1.65. The van der Waals surface area contributed by atoms with Crippen molar-refractivity contribution < 1.29 is 8.42 Å². The van der Waals surface area contributed by atoms with Gasteiger partial charge in [0, 0.05) is 11.0 Å². The van der Waals surface area contributed by atoms with Crippen LogP contribution in [0.15, 0.2) is 22.7 Å². The van der Waals surface area contributed by atoms with E-state index >= 15 is 0 Å². The van der Waals surface area contributed by atoms with E-state index in [0.29, 0.717) is 12.2 Å². The highest BCUT2D eigenvalue weighted by Crippen LogP contribution is 2.24. The summed E-state index contributed by atoms with van der Waals surface area (Å²) in [4.78, 5) is 0. The molecule has 0 aliphatic rings. The second-order valence-corrected chi connectivity index (χ2v) is 6.20. The van der Waals surface area contributed by atoms with Gasteiger partial charge in [-0.15, -0.1) is 0 Å². The van der Waals surface area contributed by atoms with Crippen molar-refractivity contribution in [2.24, 2.45) is 0 Å². The first kappa shape index (κ1) is 13.5. The molecule has 1 rings (SSSR count). The zero-order valence-corrected chi connectivity index (χ0v) is 11.7. The highest BCUT2D eigenvalue weighted by atomic mass is 79.9. The van der Waals surface area contributed by atoms with Gasteiger partial charge in [-0.1, -0.05) is 6.07 Å². The van der Waals surface area contributed by atoms with Crippen LogP contribution in [0.2, 0.25) is 0 Å². The molecule has 0 aliphatic carbocycles. The molecule has 0 saturated heterocycles. The zero-order chi connectivity index (χ0) is 12.2. The van der Waals surface area contributed by atoms with Crippen LogP contribution in [0.1, 0.15) is 5.56 Å². The van der Waals surface area contributed by atoms with Crippen LogP contribution in [0.3, 0.4) is 0 Å². The molecule has 0 heterocycles. The lowest BCUT2D eigenvalue weighted by Gasteiger charge is -2.09. The van der Waals surface area contributed by atoms with Crippen LogP contribution < -0.4 is 10.0 Å². The maximum absolute atomic E-state index is 11.6. The quantitative estimate of drug-likeness (QED) is 0.871. The van der Waals surface area contributed by atoms with Crippen molar-refractivity contribution in [2.45, 2.75) is 6.92 Å². The Hall–Kier alpha value is -0.590. The van der Waals surface area contributed by atoms with E-state index in [1.165, 1.54) is 0 Å². The van der Waals surface area contributed by atoms with E-state index in [0.717, 1.165) is 10.0 Å². The predicted molar refractivity (Wildman–Crippen MR) is 70.2 cm³/mol. The molecule has 6 heteroatoms. The van der Waals surface area contributed by atoms with Crippen LogP contribution in [0.4, 0.5) is 5.69 Å². The number of hydrogen-bond donors (Lipinski definition) is 2. The Labute approximate surface area is 105 Å². The van der Waals surface area contributed by atoms with Gasteiger partial charge in [-0.3, -0.25) is 4.72 Å². The number of nitrogens with one attached hydrogen (secondary N) is 2. The summed E-state index contributed by atoms with van der Waals surface area (Å²) in [6.45, 7) is 2.38. The molecule has 0 bridgehead atoms. The molecule has 0 saturated carbocycles. The van der Waals surface area contributed by atoms with Gasteiger partial charge in [0.1, 0.15) is 0 Å². The molecule has 0 amide bonds. The van der Waals surface area contributed by atoms with Crippen LogP contribution in [-0.2, 0) is 10.0 Å². The van der Waals surface area contributed by atoms with Gasteiger partial charge in [0.2, 0.25) is 10.0 Å². The molecule has 0 atom stereocenters. The summed E-state index contributed by atoms with van der Waals surface area (Å²) in [6.07, 6.45) is 0. The van der Waals surface area contributed by atoms with E-state index in [4.69, 9.17) is 0 Å². The second kappa shape index (κ2) is 5.65. The molecule has 0 aromatic heterocycles. The number of benzene rings is 1. The minimum Gasteiger partial charge on any atom is -0.319 e. The first-order valence-electron chi connectivity index (χ1n) is 4.86. The molecule has 2 N–H and O–H groups in total. The standard InChI is InChI=1S/C10H15BrN2O2S/c1-8-3-4-10(9(11)7-8)13-16(14,15)6-5-12-2/h3-4,7,12-13H,5-6H2,1-2H3. The summed E-state index contributed by atoms with van der Waals surface area (Å²) >= 11 is 3.33. The first-order chi connectivity index (χ1) is 7.44. The maximum Gasteiger partial charge on any atom is 0.234 e. The molecule has 0 radical (unpaired) electrons. The lowest BCUT2D eigenvalue weighted by Crippen LogP contribution is -2.24. The van der Waals surface area contributed by atoms with E-state index in [-0.39, 0.29) is 5.75 Å². The zero-order valence-electron chi connectivity index (χ0n) is 9.25. The number of aryl methyl sites for hydroxylation is 1. The third-order valence-corrected chi connectivity index (χ3v) is 3.94. The molecule has 0 aliphatic heterocycles. The molecule has 1 aromatic rings. The van der Waals surface area contributed by atoms with E-state index < -0.39 is 10.0 Å². The van der Waals surface area contributed by atoms with Crippen LogP contribution in [0, 0.1) is 6.92 Å². The summed E-state index contributed by atoms with van der Waals surface area (Å²) in [6, 6.07) is 5.48. The third-order valence-electron chi connectivity index (χ3n) is 2.01. The Bertz CT molecular complexity index is 460. The van der Waals surface area contributed by atoms with E-state index in [1.807, 2.05) is 19.1 Å². The Morgan fingerprint density at radius 3 is 2.62 bits per heavy atom. The lowest BCUT2D eigenvalue weighted by molar-refractivity contribution is 0.598. The number of anilines is 1. The topological polar surface area (TPSA) is 58.2 Å². The van der Waals surface area contributed by atoms with Gasteiger partial charge in [-0.25, -0.2) is 8.42 Å². The molecular weight excluding hydrogens is 292 g/mol. The Morgan fingerprint density at radius 2 is 2.06 bits per heavy atom. The monoisotopic (exact) mass is 306 g/mol. The highest BCUT2D eigenvalue weighted by Gasteiger charge is 2.11. The van der Waals surface area contributed by atoms with Gasteiger partial charge in [-0.05, 0) is 47.6 Å². The first-order valence-corrected chi connectivity index (χ1v) is 7.30. The van der Waals surface area contributed by atoms with Crippen LogP contribution in [0.5, 0.6) is 0 Å². The van der Waals surface area contributed by atoms with Crippen molar-refractivity contribution in [3.63, 3.8) is 0 Å². The van der Waals surface area contributed by atoms with Crippen molar-refractivity contribution in [2.75, 3.05) is 24.1 Å². The van der Waals surface area contributed by atoms with Crippen molar-refractivity contribution in [1.82, 2.24) is 5.32 Å². The normalized spacial score (nSPS) is 11.4. The summed E-state index contributed by atoms with van der Waals surface area (Å²) in [5.74, 6) is 0.0593. The molecule has 1 aromatic carbocycles. The van der Waals surface area contributed by atoms with E-state index in [2.05, 4.69) is 26.0 Å². The largest absolute Gasteiger partial charge is 0.319 e. The fraction of sp³-hybridized carbons (Fsp3) is 0.400. The number of sulfonamides is 1. The number of rotatable bonds is 5. The second-order valence-electron chi connectivity index (χ2n) is 3.51. The molecule has 4 nitrogen and oxygen atoms in total. The van der Waals surface area contributed by atoms with Crippen molar-refractivity contribution in [3.05, 3.63) is 28.2 Å². The van der Waals surface area contributed by atoms with Crippen LogP contribution >= 0.6 is 15.9 Å². The smallest absolute Gasteiger partial charge is 0.234 e. The highest BCUT2D eigenvalue weighted by molar-refractivity contribution is 9.10. The Morgan fingerprint density at radius 1 is 1.38 bits per heavy atom. The lowest BCUT2D eigenvalue weighted by atomic mass is 10.2. The SMILES string of the molecule is CNCCS(=O)(=O)Nc1ccc(C)cc1Br. The number of halogens is 1. The third kappa shape index (κ3) is 4.11. The average molecular weight is 307 g/mol. The van der Waals surface area contributed by atoms with Gasteiger partial charge >= 0.3 is 0 Å². The summed E-state index contributed by atoms with van der Waals surface area (Å²) in [5, 5.41) is 2.80. The molecule has 90 valence electrons. The number of hydrogen-bond acceptors (Lipinski definition) is 3. The minimum absolute atomic E-state index is 0.0593. The average Bonchev–Trinajstić information content (AvgIpc) is 2.19. The van der Waals surface area contributed by atoms with E-state index in [9.17, 15) is 8.42 Å². The summed E-state index contributed by atoms with van der Waals surface area (Å²) < 4.78 is 26.5. The van der Waals surface area contributed by atoms with Gasteiger partial charge < -0.3 is 5.32 Å². The van der Waals surface area contributed by atoms with Crippen molar-refractivity contribution in [3.8, 4) is 0 Å². The Kier molecular flexibility index (Phi) is 4.76. The van der Waals surface area contributed by atoms with Gasteiger partial charge in [-0.2, -0.15) is 0 Å². The van der Waals surface area contributed by atoms with Crippen molar-refractivity contribution in [1.29, 1.82) is 0 Å².